The maximum absolute atomic E-state index is 12.8. The van der Waals surface area contributed by atoms with E-state index in [0.717, 1.165) is 12.3 Å². The highest BCUT2D eigenvalue weighted by molar-refractivity contribution is 7.92. The summed E-state index contributed by atoms with van der Waals surface area (Å²) in [6.45, 7) is 2.04. The number of hydrogen-bond acceptors (Lipinski definition) is 3. The van der Waals surface area contributed by atoms with Crippen molar-refractivity contribution in [3.63, 3.8) is 0 Å². The van der Waals surface area contributed by atoms with Gasteiger partial charge in [-0.25, -0.2) is 8.42 Å². The molecule has 0 radical (unpaired) electrons. The summed E-state index contributed by atoms with van der Waals surface area (Å²) in [5.41, 5.74) is 0.626. The van der Waals surface area contributed by atoms with Crippen molar-refractivity contribution in [1.29, 1.82) is 0 Å². The molecular formula is C22H24Cl2N2O3S. The summed E-state index contributed by atoms with van der Waals surface area (Å²) < 4.78 is 28.1. The van der Waals surface area contributed by atoms with E-state index in [1.54, 1.807) is 30.3 Å². The minimum atomic E-state index is -3.97. The van der Waals surface area contributed by atoms with Gasteiger partial charge < -0.3 is 5.32 Å². The Hall–Kier alpha value is -1.76. The lowest BCUT2D eigenvalue weighted by atomic mass is 9.84. The second kappa shape index (κ2) is 8.40. The Morgan fingerprint density at radius 2 is 1.80 bits per heavy atom. The van der Waals surface area contributed by atoms with Crippen LogP contribution in [0.3, 0.4) is 0 Å². The lowest BCUT2D eigenvalue weighted by Gasteiger charge is -2.28. The van der Waals surface area contributed by atoms with Gasteiger partial charge in [0, 0.05) is 22.3 Å². The Kier molecular flexibility index (Phi) is 6.02. The molecule has 30 heavy (non-hydrogen) atoms. The molecule has 0 spiro atoms. The number of amides is 1. The normalized spacial score (nSPS) is 23.9. The molecule has 2 aliphatic rings. The minimum Gasteiger partial charge on any atom is -0.349 e. The van der Waals surface area contributed by atoms with Crippen LogP contribution in [0.1, 0.15) is 43.0 Å². The fourth-order valence-corrected chi connectivity index (χ4v) is 6.59. The van der Waals surface area contributed by atoms with Crippen LogP contribution in [0, 0.1) is 17.8 Å². The van der Waals surface area contributed by atoms with E-state index in [1.165, 1.54) is 31.4 Å². The molecule has 4 rings (SSSR count). The van der Waals surface area contributed by atoms with Crippen LogP contribution in [0.2, 0.25) is 10.0 Å². The number of nitrogens with one attached hydrogen (secondary N) is 2. The van der Waals surface area contributed by atoms with Crippen LogP contribution in [0.4, 0.5) is 5.69 Å². The standard InChI is InChI=1S/C22H24Cl2N2O3S/c1-13(19-11-14-2-3-15(19)10-14)25-22(27)16-4-9-20(24)21(12-16)30(28,29)26-18-7-5-17(23)6-8-18/h4-9,12-15,19,26H,2-3,10-11H2,1H3,(H,25,27)/t13-,14+,15+,19-/m1/s1. The zero-order chi connectivity index (χ0) is 21.5. The predicted molar refractivity (Wildman–Crippen MR) is 120 cm³/mol. The monoisotopic (exact) mass is 466 g/mol. The zero-order valence-electron chi connectivity index (χ0n) is 16.6. The molecule has 2 N–H and O–H groups in total. The SMILES string of the molecule is C[C@@H](NC(=O)c1ccc(Cl)c(S(=O)(=O)Nc2ccc(Cl)cc2)c1)[C@H]1C[C@H]2CC[C@H]1C2. The third kappa shape index (κ3) is 4.46. The summed E-state index contributed by atoms with van der Waals surface area (Å²) in [6.07, 6.45) is 4.98. The summed E-state index contributed by atoms with van der Waals surface area (Å²) >= 11 is 12.0. The second-order valence-corrected chi connectivity index (χ2v) is 10.9. The molecule has 160 valence electrons. The largest absolute Gasteiger partial charge is 0.349 e. The molecule has 0 unspecified atom stereocenters. The number of hydrogen-bond donors (Lipinski definition) is 2. The van der Waals surface area contributed by atoms with Crippen molar-refractivity contribution in [2.45, 2.75) is 43.5 Å². The van der Waals surface area contributed by atoms with Gasteiger partial charge in [-0.1, -0.05) is 29.6 Å². The first-order valence-corrected chi connectivity index (χ1v) is 12.4. The maximum atomic E-state index is 12.8. The smallest absolute Gasteiger partial charge is 0.263 e. The van der Waals surface area contributed by atoms with Crippen molar-refractivity contribution >= 4 is 44.8 Å². The Labute approximate surface area is 187 Å². The number of carbonyl (C=O) groups excluding carboxylic acids is 1. The van der Waals surface area contributed by atoms with Crippen molar-refractivity contribution in [3.8, 4) is 0 Å². The zero-order valence-corrected chi connectivity index (χ0v) is 18.9. The van der Waals surface area contributed by atoms with E-state index >= 15 is 0 Å². The lowest BCUT2D eigenvalue weighted by molar-refractivity contribution is 0.0915. The highest BCUT2D eigenvalue weighted by Crippen LogP contribution is 2.49. The van der Waals surface area contributed by atoms with Crippen LogP contribution >= 0.6 is 23.2 Å². The highest BCUT2D eigenvalue weighted by Gasteiger charge is 2.42. The number of sulfonamides is 1. The van der Waals surface area contributed by atoms with E-state index in [4.69, 9.17) is 23.2 Å². The topological polar surface area (TPSA) is 75.3 Å². The van der Waals surface area contributed by atoms with E-state index in [9.17, 15) is 13.2 Å². The van der Waals surface area contributed by atoms with Gasteiger partial charge in [-0.3, -0.25) is 9.52 Å². The van der Waals surface area contributed by atoms with Gasteiger partial charge in [-0.05, 0) is 86.4 Å². The van der Waals surface area contributed by atoms with Crippen molar-refractivity contribution < 1.29 is 13.2 Å². The predicted octanol–water partition coefficient (Wildman–Crippen LogP) is 5.35. The van der Waals surface area contributed by atoms with E-state index in [1.807, 2.05) is 6.92 Å². The molecule has 2 aliphatic carbocycles. The van der Waals surface area contributed by atoms with Gasteiger partial charge in [0.1, 0.15) is 4.90 Å². The van der Waals surface area contributed by atoms with Crippen LogP contribution in [-0.4, -0.2) is 20.4 Å². The Morgan fingerprint density at radius 3 is 2.43 bits per heavy atom. The van der Waals surface area contributed by atoms with E-state index < -0.39 is 10.0 Å². The van der Waals surface area contributed by atoms with Crippen LogP contribution in [-0.2, 0) is 10.0 Å². The van der Waals surface area contributed by atoms with E-state index in [0.29, 0.717) is 22.5 Å². The van der Waals surface area contributed by atoms with Gasteiger partial charge in [-0.15, -0.1) is 0 Å². The van der Waals surface area contributed by atoms with Crippen molar-refractivity contribution in [3.05, 3.63) is 58.1 Å². The molecule has 2 bridgehead atoms. The molecule has 0 aliphatic heterocycles. The van der Waals surface area contributed by atoms with Crippen LogP contribution in [0.5, 0.6) is 0 Å². The van der Waals surface area contributed by atoms with Gasteiger partial charge >= 0.3 is 0 Å². The first-order chi connectivity index (χ1) is 14.2. The van der Waals surface area contributed by atoms with E-state index in [-0.39, 0.29) is 27.4 Å². The van der Waals surface area contributed by atoms with Gasteiger partial charge in [0.15, 0.2) is 0 Å². The number of halogens is 2. The third-order valence-electron chi connectivity index (χ3n) is 6.37. The van der Waals surface area contributed by atoms with Gasteiger partial charge in [0.2, 0.25) is 0 Å². The molecule has 2 aromatic rings. The molecule has 2 fully saturated rings. The van der Waals surface area contributed by atoms with Gasteiger partial charge in [0.25, 0.3) is 15.9 Å². The van der Waals surface area contributed by atoms with Gasteiger partial charge in [-0.2, -0.15) is 0 Å². The number of carbonyl (C=O) groups is 1. The summed E-state index contributed by atoms with van der Waals surface area (Å²) in [5, 5.41) is 3.61. The minimum absolute atomic E-state index is 0.0502. The Bertz CT molecular complexity index is 1060. The quantitative estimate of drug-likeness (QED) is 0.602. The summed E-state index contributed by atoms with van der Waals surface area (Å²) in [5.74, 6) is 1.69. The summed E-state index contributed by atoms with van der Waals surface area (Å²) in [7, 11) is -3.97. The molecule has 0 heterocycles. The van der Waals surface area contributed by atoms with E-state index in [2.05, 4.69) is 10.0 Å². The van der Waals surface area contributed by atoms with Crippen LogP contribution in [0.25, 0.3) is 0 Å². The number of anilines is 1. The third-order valence-corrected chi connectivity index (χ3v) is 8.49. The number of fused-ring (bicyclic) bond motifs is 2. The molecule has 0 aromatic heterocycles. The molecule has 2 saturated carbocycles. The van der Waals surface area contributed by atoms with Crippen LogP contribution < -0.4 is 10.0 Å². The lowest BCUT2D eigenvalue weighted by Crippen LogP contribution is -2.40. The van der Waals surface area contributed by atoms with Crippen molar-refractivity contribution in [2.24, 2.45) is 17.8 Å². The molecule has 0 saturated heterocycles. The van der Waals surface area contributed by atoms with Gasteiger partial charge in [0.05, 0.1) is 5.02 Å². The Balaban J connectivity index is 1.50. The average Bonchev–Trinajstić information content (AvgIpc) is 3.33. The molecule has 2 aromatic carbocycles. The number of rotatable bonds is 6. The molecule has 8 heteroatoms. The van der Waals surface area contributed by atoms with Crippen LogP contribution in [0.15, 0.2) is 47.4 Å². The first-order valence-electron chi connectivity index (χ1n) is 10.1. The second-order valence-electron chi connectivity index (χ2n) is 8.36. The molecular weight excluding hydrogens is 443 g/mol. The molecule has 5 nitrogen and oxygen atoms in total. The molecule has 1 amide bonds. The van der Waals surface area contributed by atoms with Crippen molar-refractivity contribution in [1.82, 2.24) is 5.32 Å². The summed E-state index contributed by atoms with van der Waals surface area (Å²) in [4.78, 5) is 12.7. The highest BCUT2D eigenvalue weighted by atomic mass is 35.5. The van der Waals surface area contributed by atoms with Crippen molar-refractivity contribution in [2.75, 3.05) is 4.72 Å². The Morgan fingerprint density at radius 1 is 1.07 bits per heavy atom. The fraction of sp³-hybridized carbons (Fsp3) is 0.409. The number of benzene rings is 2. The summed E-state index contributed by atoms with van der Waals surface area (Å²) in [6, 6.07) is 10.6. The molecule has 4 atom stereocenters. The maximum Gasteiger partial charge on any atom is 0.263 e. The fourth-order valence-electron chi connectivity index (χ4n) is 4.88. The first kappa shape index (κ1) is 21.5. The average molecular weight is 467 g/mol.